The predicted molar refractivity (Wildman–Crippen MR) is 191 cm³/mol. The van der Waals surface area contributed by atoms with Gasteiger partial charge in [0.1, 0.15) is 4.90 Å². The molecule has 3 heterocycles. The first-order valence-corrected chi connectivity index (χ1v) is 18.0. The Hall–Kier alpha value is -4.12. The summed E-state index contributed by atoms with van der Waals surface area (Å²) in [6.07, 6.45) is 6.20. The van der Waals surface area contributed by atoms with Gasteiger partial charge in [0.05, 0.1) is 11.7 Å². The Morgan fingerprint density at radius 3 is 2.22 bits per heavy atom. The van der Waals surface area contributed by atoms with Crippen LogP contribution in [-0.2, 0) is 26.0 Å². The second kappa shape index (κ2) is 16.3. The third kappa shape index (κ3) is 8.25. The van der Waals surface area contributed by atoms with Crippen molar-refractivity contribution in [1.82, 2.24) is 34.8 Å². The van der Waals surface area contributed by atoms with E-state index >= 15 is 0 Å². The zero-order valence-corrected chi connectivity index (χ0v) is 29.5. The lowest BCUT2D eigenvalue weighted by atomic mass is 9.81. The summed E-state index contributed by atoms with van der Waals surface area (Å²) < 4.78 is 28.1. The SMILES string of the molecule is CN1CCN(S(=O)(=O)c2cncc(-c3ccc(C[C@H](N)C(=O)N(C(=O)C4CCC(CN)CC4)c4ccc(-c5nn[nH]n5)cc4)cc3)c2)CC1.Cl. The van der Waals surface area contributed by atoms with Crippen LogP contribution in [0.1, 0.15) is 31.2 Å². The molecule has 2 aromatic carbocycles. The van der Waals surface area contributed by atoms with Gasteiger partial charge in [0.2, 0.25) is 21.8 Å². The third-order valence-corrected chi connectivity index (χ3v) is 11.4. The van der Waals surface area contributed by atoms with E-state index in [0.29, 0.717) is 74.1 Å². The first kappa shape index (κ1) is 37.1. The average molecular weight is 723 g/mol. The number of anilines is 1. The van der Waals surface area contributed by atoms with Gasteiger partial charge in [0, 0.05) is 55.6 Å². The van der Waals surface area contributed by atoms with Crippen molar-refractivity contribution < 1.29 is 18.0 Å². The molecule has 0 unspecified atom stereocenters. The third-order valence-electron chi connectivity index (χ3n) is 9.57. The minimum Gasteiger partial charge on any atom is -0.330 e. The molecule has 1 atom stereocenters. The quantitative estimate of drug-likeness (QED) is 0.217. The molecular formula is C34H43ClN10O4S. The van der Waals surface area contributed by atoms with E-state index in [4.69, 9.17) is 11.5 Å². The van der Waals surface area contributed by atoms with E-state index in [1.807, 2.05) is 31.3 Å². The van der Waals surface area contributed by atoms with Crippen molar-refractivity contribution in [2.24, 2.45) is 23.3 Å². The molecule has 2 amide bonds. The summed E-state index contributed by atoms with van der Waals surface area (Å²) in [5.41, 5.74) is 15.7. The second-order valence-corrected chi connectivity index (χ2v) is 14.8. The van der Waals surface area contributed by atoms with Crippen molar-refractivity contribution >= 4 is 39.9 Å². The molecule has 1 saturated carbocycles. The predicted octanol–water partition coefficient (Wildman–Crippen LogP) is 2.48. The lowest BCUT2D eigenvalue weighted by Crippen LogP contribution is -2.50. The Morgan fingerprint density at radius 2 is 1.60 bits per heavy atom. The van der Waals surface area contributed by atoms with Crippen molar-refractivity contribution in [3.05, 3.63) is 72.6 Å². The highest BCUT2D eigenvalue weighted by Gasteiger charge is 2.35. The van der Waals surface area contributed by atoms with Gasteiger partial charge >= 0.3 is 0 Å². The van der Waals surface area contributed by atoms with Crippen LogP contribution in [0.15, 0.2) is 71.9 Å². The van der Waals surface area contributed by atoms with Gasteiger partial charge in [0.15, 0.2) is 0 Å². The Bertz CT molecular complexity index is 1840. The maximum absolute atomic E-state index is 14.0. The molecule has 2 aliphatic rings. The summed E-state index contributed by atoms with van der Waals surface area (Å²) >= 11 is 0. The fourth-order valence-corrected chi connectivity index (χ4v) is 7.88. The smallest absolute Gasteiger partial charge is 0.251 e. The lowest BCUT2D eigenvalue weighted by molar-refractivity contribution is -0.130. The molecule has 266 valence electrons. The van der Waals surface area contributed by atoms with Crippen LogP contribution in [0.3, 0.4) is 0 Å². The van der Waals surface area contributed by atoms with Gasteiger partial charge in [-0.1, -0.05) is 24.3 Å². The Balaban J connectivity index is 0.00000486. The summed E-state index contributed by atoms with van der Waals surface area (Å²) in [4.78, 5) is 35.6. The van der Waals surface area contributed by atoms with Crippen LogP contribution in [0.2, 0.25) is 0 Å². The number of carbonyl (C=O) groups is 2. The molecule has 1 aliphatic heterocycles. The Labute approximate surface area is 298 Å². The molecule has 2 aromatic heterocycles. The van der Waals surface area contributed by atoms with E-state index in [-0.39, 0.29) is 35.5 Å². The zero-order chi connectivity index (χ0) is 34.5. The number of likely N-dealkylation sites (N-methyl/N-ethyl adjacent to an activating group) is 1. The highest BCUT2D eigenvalue weighted by Crippen LogP contribution is 2.32. The summed E-state index contributed by atoms with van der Waals surface area (Å²) in [5, 5.41) is 14.0. The molecular weight excluding hydrogens is 680 g/mol. The molecule has 0 bridgehead atoms. The van der Waals surface area contributed by atoms with Crippen molar-refractivity contribution in [2.45, 2.75) is 43.0 Å². The number of rotatable bonds is 10. The molecule has 6 rings (SSSR count). The fourth-order valence-electron chi connectivity index (χ4n) is 6.47. The number of pyridine rings is 1. The number of amides is 2. The lowest BCUT2D eigenvalue weighted by Gasteiger charge is -2.32. The normalized spacial score (nSPS) is 19.3. The zero-order valence-electron chi connectivity index (χ0n) is 27.9. The number of sulfonamides is 1. The molecule has 0 radical (unpaired) electrons. The fraction of sp³-hybridized carbons (Fsp3) is 0.412. The number of benzene rings is 2. The number of nitrogens with one attached hydrogen (secondary N) is 1. The first-order chi connectivity index (χ1) is 23.6. The van der Waals surface area contributed by atoms with Gasteiger partial charge in [0.25, 0.3) is 5.91 Å². The number of nitrogens with zero attached hydrogens (tertiary/aromatic N) is 7. The van der Waals surface area contributed by atoms with E-state index in [2.05, 4.69) is 30.5 Å². The largest absolute Gasteiger partial charge is 0.330 e. The van der Waals surface area contributed by atoms with E-state index < -0.39 is 22.0 Å². The number of H-pyrrole nitrogens is 1. The van der Waals surface area contributed by atoms with Crippen molar-refractivity contribution in [1.29, 1.82) is 0 Å². The minimum absolute atomic E-state index is 0. The summed E-state index contributed by atoms with van der Waals surface area (Å²) in [6, 6.07) is 14.9. The summed E-state index contributed by atoms with van der Waals surface area (Å²) in [5.74, 6) is -0.284. The van der Waals surface area contributed by atoms with E-state index in [1.54, 1.807) is 36.5 Å². The minimum atomic E-state index is -3.67. The van der Waals surface area contributed by atoms with Crippen LogP contribution < -0.4 is 16.4 Å². The second-order valence-electron chi connectivity index (χ2n) is 12.9. The van der Waals surface area contributed by atoms with Crippen LogP contribution in [0.25, 0.3) is 22.5 Å². The number of hydrogen-bond donors (Lipinski definition) is 3. The number of aromatic amines is 1. The van der Waals surface area contributed by atoms with Crippen molar-refractivity contribution in [3.8, 4) is 22.5 Å². The maximum atomic E-state index is 14.0. The van der Waals surface area contributed by atoms with E-state index in [0.717, 1.165) is 24.0 Å². The van der Waals surface area contributed by atoms with Gasteiger partial charge in [-0.05, 0) is 98.3 Å². The molecule has 4 aromatic rings. The highest BCUT2D eigenvalue weighted by molar-refractivity contribution is 7.89. The van der Waals surface area contributed by atoms with Gasteiger partial charge in [-0.25, -0.2) is 13.3 Å². The molecule has 16 heteroatoms. The highest BCUT2D eigenvalue weighted by atomic mass is 35.5. The summed E-state index contributed by atoms with van der Waals surface area (Å²) in [7, 11) is -1.70. The van der Waals surface area contributed by atoms with Crippen molar-refractivity contribution in [3.63, 3.8) is 0 Å². The van der Waals surface area contributed by atoms with E-state index in [1.165, 1.54) is 15.4 Å². The number of hydrogen-bond acceptors (Lipinski definition) is 11. The van der Waals surface area contributed by atoms with Crippen LogP contribution in [0, 0.1) is 11.8 Å². The number of halogens is 1. The van der Waals surface area contributed by atoms with Crippen molar-refractivity contribution in [2.75, 3.05) is 44.7 Å². The van der Waals surface area contributed by atoms with Gasteiger partial charge in [-0.15, -0.1) is 22.6 Å². The van der Waals surface area contributed by atoms with Crippen LogP contribution in [-0.4, -0.2) is 101 Å². The standard InChI is InChI=1S/C34H42N10O4S.ClH/c1-42-14-16-43(17-15-42)49(47,48)30-19-28(21-37-22-30)25-6-2-23(3-7-25)18-31(36)34(46)44(33(45)27-8-4-24(20-35)5-9-27)29-12-10-26(11-13-29)32-38-40-41-39-32;/h2-3,6-7,10-13,19,21-22,24,27,31H,4-5,8-9,14-18,20,35-36H2,1H3,(H,38,39,40,41);1H/t24?,27?,31-;/m0./s1. The molecule has 14 nitrogen and oxygen atoms in total. The number of piperazine rings is 1. The number of imide groups is 1. The monoisotopic (exact) mass is 722 g/mol. The Kier molecular flexibility index (Phi) is 12.1. The topological polar surface area (TPSA) is 197 Å². The summed E-state index contributed by atoms with van der Waals surface area (Å²) in [6.45, 7) is 2.80. The maximum Gasteiger partial charge on any atom is 0.251 e. The molecule has 50 heavy (non-hydrogen) atoms. The van der Waals surface area contributed by atoms with Crippen LogP contribution in [0.4, 0.5) is 5.69 Å². The molecule has 1 saturated heterocycles. The number of nitrogens with two attached hydrogens (primary N) is 2. The van der Waals surface area contributed by atoms with Gasteiger partial charge < -0.3 is 16.4 Å². The van der Waals surface area contributed by atoms with Gasteiger partial charge in [-0.3, -0.25) is 14.6 Å². The first-order valence-electron chi connectivity index (χ1n) is 16.5. The number of carbonyl (C=O) groups excluding carboxylic acids is 2. The molecule has 5 N–H and O–H groups in total. The molecule has 2 fully saturated rings. The Morgan fingerprint density at radius 1 is 0.940 bits per heavy atom. The van der Waals surface area contributed by atoms with Gasteiger partial charge in [-0.2, -0.15) is 9.52 Å². The number of tetrazole rings is 1. The van der Waals surface area contributed by atoms with E-state index in [9.17, 15) is 18.0 Å². The average Bonchev–Trinajstić information content (AvgIpc) is 3.68. The van der Waals surface area contributed by atoms with Crippen LogP contribution in [0.5, 0.6) is 0 Å². The molecule has 1 aliphatic carbocycles. The molecule has 0 spiro atoms. The van der Waals surface area contributed by atoms with Crippen LogP contribution >= 0.6 is 12.4 Å². The number of aromatic nitrogens is 5.